The van der Waals surface area contributed by atoms with Crippen LogP contribution in [-0.2, 0) is 12.8 Å². The van der Waals surface area contributed by atoms with Crippen LogP contribution in [0.25, 0.3) is 0 Å². The summed E-state index contributed by atoms with van der Waals surface area (Å²) >= 11 is 0. The zero-order chi connectivity index (χ0) is 13.1. The summed E-state index contributed by atoms with van der Waals surface area (Å²) in [5, 5.41) is 0. The van der Waals surface area contributed by atoms with Crippen LogP contribution < -0.4 is 5.73 Å². The minimum Gasteiger partial charge on any atom is -0.469 e. The zero-order valence-electron chi connectivity index (χ0n) is 10.1. The Kier molecular flexibility index (Phi) is 3.77. The number of nitrogens with two attached hydrogens (primary N) is 1. The second-order valence-electron chi connectivity index (χ2n) is 4.24. The normalized spacial score (nSPS) is 12.7. The smallest absolute Gasteiger partial charge is 0.126 e. The third-order valence-electron chi connectivity index (χ3n) is 2.88. The first-order chi connectivity index (χ1) is 8.60. The molecule has 0 bridgehead atoms. The van der Waals surface area contributed by atoms with Crippen LogP contribution in [0.15, 0.2) is 34.9 Å². The van der Waals surface area contributed by atoms with Crippen molar-refractivity contribution in [1.82, 2.24) is 0 Å². The Morgan fingerprint density at radius 1 is 1.22 bits per heavy atom. The molecule has 0 amide bonds. The maximum absolute atomic E-state index is 13.1. The van der Waals surface area contributed by atoms with Gasteiger partial charge in [0.25, 0.3) is 0 Å². The number of rotatable bonds is 4. The maximum atomic E-state index is 13.1. The standard InChI is InChI=1S/C14H15F2NO/c1-2-14-12(3-4-18-14)13(17)7-9-5-10(15)8-11(16)6-9/h3-6,8,13H,2,7,17H2,1H3. The van der Waals surface area contributed by atoms with Gasteiger partial charge in [0.2, 0.25) is 0 Å². The Morgan fingerprint density at radius 3 is 2.50 bits per heavy atom. The van der Waals surface area contributed by atoms with Crippen LogP contribution in [0.1, 0.15) is 29.9 Å². The highest BCUT2D eigenvalue weighted by atomic mass is 19.1. The number of furan rings is 1. The fourth-order valence-corrected chi connectivity index (χ4v) is 2.06. The molecule has 18 heavy (non-hydrogen) atoms. The summed E-state index contributed by atoms with van der Waals surface area (Å²) < 4.78 is 31.4. The molecule has 2 N–H and O–H groups in total. The Hall–Kier alpha value is -1.68. The summed E-state index contributed by atoms with van der Waals surface area (Å²) in [6, 6.07) is 4.94. The van der Waals surface area contributed by atoms with Crippen LogP contribution in [0.5, 0.6) is 0 Å². The van der Waals surface area contributed by atoms with E-state index in [4.69, 9.17) is 10.2 Å². The lowest BCUT2D eigenvalue weighted by atomic mass is 9.99. The minimum absolute atomic E-state index is 0.320. The molecule has 4 heteroatoms. The molecule has 0 spiro atoms. The molecule has 0 saturated carbocycles. The van der Waals surface area contributed by atoms with E-state index in [0.29, 0.717) is 12.0 Å². The molecule has 1 aromatic carbocycles. The molecule has 2 nitrogen and oxygen atoms in total. The van der Waals surface area contributed by atoms with E-state index in [1.54, 1.807) is 12.3 Å². The summed E-state index contributed by atoms with van der Waals surface area (Å²) in [7, 11) is 0. The Labute approximate surface area is 104 Å². The van der Waals surface area contributed by atoms with Gasteiger partial charge in [0, 0.05) is 24.1 Å². The lowest BCUT2D eigenvalue weighted by molar-refractivity contribution is 0.505. The molecule has 0 aliphatic carbocycles. The molecule has 0 aliphatic heterocycles. The molecule has 0 aliphatic rings. The summed E-state index contributed by atoms with van der Waals surface area (Å²) in [5.74, 6) is -0.348. The average Bonchev–Trinajstić information content (AvgIpc) is 2.75. The summed E-state index contributed by atoms with van der Waals surface area (Å²) in [5.41, 5.74) is 7.48. The van der Waals surface area contributed by atoms with Gasteiger partial charge in [-0.15, -0.1) is 0 Å². The SMILES string of the molecule is CCc1occc1C(N)Cc1cc(F)cc(F)c1. The highest BCUT2D eigenvalue weighted by Crippen LogP contribution is 2.22. The van der Waals surface area contributed by atoms with Crippen LogP contribution in [0.4, 0.5) is 8.78 Å². The van der Waals surface area contributed by atoms with E-state index in [0.717, 1.165) is 23.8 Å². The van der Waals surface area contributed by atoms with Crippen molar-refractivity contribution in [2.24, 2.45) is 5.73 Å². The van der Waals surface area contributed by atoms with Crippen LogP contribution in [0.3, 0.4) is 0 Å². The van der Waals surface area contributed by atoms with Gasteiger partial charge in [-0.3, -0.25) is 0 Å². The molecular formula is C14H15F2NO. The monoisotopic (exact) mass is 251 g/mol. The van der Waals surface area contributed by atoms with Crippen LogP contribution >= 0.6 is 0 Å². The van der Waals surface area contributed by atoms with E-state index >= 15 is 0 Å². The third kappa shape index (κ3) is 2.76. The lowest BCUT2D eigenvalue weighted by Crippen LogP contribution is -2.14. The Bertz CT molecular complexity index is 516. The van der Waals surface area contributed by atoms with Crippen molar-refractivity contribution in [3.05, 3.63) is 59.1 Å². The van der Waals surface area contributed by atoms with Crippen molar-refractivity contribution in [3.8, 4) is 0 Å². The van der Waals surface area contributed by atoms with Gasteiger partial charge in [0.1, 0.15) is 17.4 Å². The molecule has 1 atom stereocenters. The molecule has 2 rings (SSSR count). The van der Waals surface area contributed by atoms with E-state index in [1.807, 2.05) is 6.92 Å². The van der Waals surface area contributed by atoms with Crippen LogP contribution in [0, 0.1) is 11.6 Å². The molecule has 2 aromatic rings. The first-order valence-electron chi connectivity index (χ1n) is 5.87. The van der Waals surface area contributed by atoms with Gasteiger partial charge in [-0.1, -0.05) is 6.92 Å². The molecule has 1 aromatic heterocycles. The number of hydrogen-bond donors (Lipinski definition) is 1. The van der Waals surface area contributed by atoms with Gasteiger partial charge in [0.05, 0.1) is 6.26 Å². The van der Waals surface area contributed by atoms with E-state index in [1.165, 1.54) is 12.1 Å². The van der Waals surface area contributed by atoms with Crippen molar-refractivity contribution < 1.29 is 13.2 Å². The predicted octanol–water partition coefficient (Wildman–Crippen LogP) is 3.36. The number of hydrogen-bond acceptors (Lipinski definition) is 2. The average molecular weight is 251 g/mol. The van der Waals surface area contributed by atoms with Crippen LogP contribution in [-0.4, -0.2) is 0 Å². The van der Waals surface area contributed by atoms with Crippen molar-refractivity contribution in [3.63, 3.8) is 0 Å². The topological polar surface area (TPSA) is 39.2 Å². The number of aryl methyl sites for hydroxylation is 1. The quantitative estimate of drug-likeness (QED) is 0.904. The van der Waals surface area contributed by atoms with Gasteiger partial charge in [-0.2, -0.15) is 0 Å². The van der Waals surface area contributed by atoms with Gasteiger partial charge in [-0.05, 0) is 30.2 Å². The second-order valence-corrected chi connectivity index (χ2v) is 4.24. The highest BCUT2D eigenvalue weighted by molar-refractivity contribution is 5.26. The van der Waals surface area contributed by atoms with Crippen molar-refractivity contribution in [1.29, 1.82) is 0 Å². The molecular weight excluding hydrogens is 236 g/mol. The molecule has 1 unspecified atom stereocenters. The minimum atomic E-state index is -0.583. The van der Waals surface area contributed by atoms with Gasteiger partial charge >= 0.3 is 0 Å². The van der Waals surface area contributed by atoms with Crippen molar-refractivity contribution in [2.75, 3.05) is 0 Å². The summed E-state index contributed by atoms with van der Waals surface area (Å²) in [6.07, 6.45) is 2.70. The van der Waals surface area contributed by atoms with E-state index in [9.17, 15) is 8.78 Å². The van der Waals surface area contributed by atoms with Gasteiger partial charge in [0.15, 0.2) is 0 Å². The highest BCUT2D eigenvalue weighted by Gasteiger charge is 2.14. The Morgan fingerprint density at radius 2 is 1.89 bits per heavy atom. The second kappa shape index (κ2) is 5.31. The first kappa shape index (κ1) is 12.8. The predicted molar refractivity (Wildman–Crippen MR) is 65.1 cm³/mol. The maximum Gasteiger partial charge on any atom is 0.126 e. The van der Waals surface area contributed by atoms with E-state index in [2.05, 4.69) is 0 Å². The van der Waals surface area contributed by atoms with Crippen molar-refractivity contribution in [2.45, 2.75) is 25.8 Å². The number of benzene rings is 1. The van der Waals surface area contributed by atoms with E-state index < -0.39 is 11.6 Å². The van der Waals surface area contributed by atoms with Gasteiger partial charge in [-0.25, -0.2) is 8.78 Å². The van der Waals surface area contributed by atoms with Gasteiger partial charge < -0.3 is 10.2 Å². The summed E-state index contributed by atoms with van der Waals surface area (Å²) in [6.45, 7) is 1.97. The molecule has 96 valence electrons. The third-order valence-corrected chi connectivity index (χ3v) is 2.88. The lowest BCUT2D eigenvalue weighted by Gasteiger charge is -2.11. The number of halogens is 2. The Balaban J connectivity index is 2.18. The molecule has 1 heterocycles. The van der Waals surface area contributed by atoms with Crippen molar-refractivity contribution >= 4 is 0 Å². The molecule has 0 fully saturated rings. The zero-order valence-corrected chi connectivity index (χ0v) is 10.1. The molecule has 0 radical (unpaired) electrons. The summed E-state index contributed by atoms with van der Waals surface area (Å²) in [4.78, 5) is 0. The largest absolute Gasteiger partial charge is 0.469 e. The first-order valence-corrected chi connectivity index (χ1v) is 5.87. The fraction of sp³-hybridized carbons (Fsp3) is 0.286. The fourth-order valence-electron chi connectivity index (χ4n) is 2.06. The molecule has 0 saturated heterocycles. The van der Waals surface area contributed by atoms with Crippen LogP contribution in [0.2, 0.25) is 0 Å². The van der Waals surface area contributed by atoms with E-state index in [-0.39, 0.29) is 6.04 Å².